The molecule has 1 aromatic heterocycles. The molecule has 0 spiro atoms. The van der Waals surface area contributed by atoms with E-state index in [4.69, 9.17) is 0 Å². The van der Waals surface area contributed by atoms with E-state index in [0.717, 1.165) is 31.4 Å². The van der Waals surface area contributed by atoms with E-state index >= 15 is 0 Å². The van der Waals surface area contributed by atoms with E-state index < -0.39 is 0 Å². The number of hydrogen-bond acceptors (Lipinski definition) is 1. The lowest BCUT2D eigenvalue weighted by molar-refractivity contribution is 0.680. The Labute approximate surface area is 254 Å². The van der Waals surface area contributed by atoms with Gasteiger partial charge in [-0.3, -0.25) is 4.98 Å². The average molecular weight is 554 g/mol. The molecule has 2 unspecified atom stereocenters. The highest BCUT2D eigenvalue weighted by Crippen LogP contribution is 2.45. The molecule has 0 bridgehead atoms. The summed E-state index contributed by atoms with van der Waals surface area (Å²) in [6.45, 7) is 2.23. The van der Waals surface area contributed by atoms with Gasteiger partial charge in [0.25, 0.3) is 0 Å². The quantitative estimate of drug-likeness (QED) is 0.246. The van der Waals surface area contributed by atoms with Crippen molar-refractivity contribution in [1.29, 1.82) is 0 Å². The maximum atomic E-state index is 4.67. The van der Waals surface area contributed by atoms with Crippen molar-refractivity contribution in [3.63, 3.8) is 0 Å². The Morgan fingerprint density at radius 2 is 1.33 bits per heavy atom. The van der Waals surface area contributed by atoms with Crippen LogP contribution in [-0.4, -0.2) is 4.98 Å². The summed E-state index contributed by atoms with van der Waals surface area (Å²) >= 11 is 0. The van der Waals surface area contributed by atoms with E-state index in [2.05, 4.69) is 133 Å². The van der Waals surface area contributed by atoms with E-state index in [1.54, 1.807) is 0 Å². The van der Waals surface area contributed by atoms with Crippen LogP contribution in [0.1, 0.15) is 49.4 Å². The number of pyridine rings is 1. The van der Waals surface area contributed by atoms with E-state index in [1.165, 1.54) is 65.8 Å². The topological polar surface area (TPSA) is 12.9 Å². The molecule has 0 N–H and O–H groups in total. The fraction of sp³-hybridized carbons (Fsp3) is 0.167. The monoisotopic (exact) mass is 553 g/mol. The minimum absolute atomic E-state index is 0.272. The summed E-state index contributed by atoms with van der Waals surface area (Å²) in [6.07, 6.45) is 25.0. The van der Waals surface area contributed by atoms with Crippen LogP contribution >= 0.6 is 0 Å². The second-order valence-electron chi connectivity index (χ2n) is 12.2. The number of nitrogens with zero attached hydrogens (tertiary/aromatic N) is 1. The van der Waals surface area contributed by atoms with Crippen molar-refractivity contribution in [2.75, 3.05) is 0 Å². The minimum atomic E-state index is 0.272. The van der Waals surface area contributed by atoms with Crippen LogP contribution in [0.5, 0.6) is 0 Å². The second-order valence-corrected chi connectivity index (χ2v) is 12.2. The summed E-state index contributed by atoms with van der Waals surface area (Å²) in [5, 5.41) is 5.43. The standard InChI is InChI=1S/C42H35N/c1-28-20-22-29(23-21-28)32-24-25-39(34-14-3-2-13-33(32)34)42-37-17-6-4-15-35(37)41(36-16-5-7-18-38(36)42)31-12-10-11-30(27-31)40-19-8-9-26-43-40/h2-9,11,13-20,22,24-27,35,37H,10,12,21,23H2,1H3. The number of rotatable bonds is 4. The SMILES string of the molecule is CC1=CC=C(c2ccc(C3=c4ccccc4=C(C4=CC(c5ccccn5)=CCC4)C4C=CC=CC34)c3ccccc23)CC1. The van der Waals surface area contributed by atoms with Crippen molar-refractivity contribution in [3.05, 3.63) is 172 Å². The summed E-state index contributed by atoms with van der Waals surface area (Å²) in [5.74, 6) is 0.561. The molecule has 0 saturated heterocycles. The fourth-order valence-electron chi connectivity index (χ4n) is 7.59. The molecule has 0 fully saturated rings. The van der Waals surface area contributed by atoms with Gasteiger partial charge in [-0.25, -0.2) is 0 Å². The van der Waals surface area contributed by atoms with Crippen molar-refractivity contribution in [1.82, 2.24) is 4.98 Å². The van der Waals surface area contributed by atoms with E-state index in [1.807, 2.05) is 12.3 Å². The van der Waals surface area contributed by atoms with Gasteiger partial charge >= 0.3 is 0 Å². The molecule has 4 aliphatic carbocycles. The van der Waals surface area contributed by atoms with Crippen LogP contribution in [0.3, 0.4) is 0 Å². The zero-order valence-corrected chi connectivity index (χ0v) is 24.6. The number of benzene rings is 3. The van der Waals surface area contributed by atoms with Gasteiger partial charge in [0.05, 0.1) is 5.69 Å². The van der Waals surface area contributed by atoms with Gasteiger partial charge in [-0.2, -0.15) is 0 Å². The lowest BCUT2D eigenvalue weighted by Crippen LogP contribution is -2.40. The Hall–Kier alpha value is -4.75. The molecule has 0 saturated carbocycles. The molecule has 1 heterocycles. The van der Waals surface area contributed by atoms with Gasteiger partial charge in [0.15, 0.2) is 0 Å². The first-order valence-electron chi connectivity index (χ1n) is 15.7. The third-order valence-electron chi connectivity index (χ3n) is 9.64. The molecule has 3 aromatic carbocycles. The Kier molecular flexibility index (Phi) is 6.52. The molecule has 4 aromatic rings. The number of allylic oxidation sites excluding steroid dienone is 12. The van der Waals surface area contributed by atoms with E-state index in [0.29, 0.717) is 0 Å². The Balaban J connectivity index is 1.38. The van der Waals surface area contributed by atoms with E-state index in [9.17, 15) is 0 Å². The first-order valence-corrected chi connectivity index (χ1v) is 15.7. The molecule has 43 heavy (non-hydrogen) atoms. The van der Waals surface area contributed by atoms with Crippen LogP contribution in [0.2, 0.25) is 0 Å². The molecule has 0 amide bonds. The first kappa shape index (κ1) is 25.9. The number of fused-ring (bicyclic) bond motifs is 3. The number of hydrogen-bond donors (Lipinski definition) is 0. The molecule has 2 atom stereocenters. The second kappa shape index (κ2) is 10.8. The molecule has 208 valence electrons. The van der Waals surface area contributed by atoms with Crippen molar-refractivity contribution in [3.8, 4) is 0 Å². The summed E-state index contributed by atoms with van der Waals surface area (Å²) < 4.78 is 0. The minimum Gasteiger partial charge on any atom is -0.256 e. The molecule has 1 nitrogen and oxygen atoms in total. The predicted octanol–water partition coefficient (Wildman–Crippen LogP) is 8.88. The van der Waals surface area contributed by atoms with Gasteiger partial charge in [-0.15, -0.1) is 0 Å². The van der Waals surface area contributed by atoms with Crippen molar-refractivity contribution < 1.29 is 0 Å². The van der Waals surface area contributed by atoms with Gasteiger partial charge in [-0.1, -0.05) is 115 Å². The lowest BCUT2D eigenvalue weighted by atomic mass is 9.68. The Morgan fingerprint density at radius 1 is 0.628 bits per heavy atom. The van der Waals surface area contributed by atoms with Crippen LogP contribution in [0.15, 0.2) is 145 Å². The third-order valence-corrected chi connectivity index (χ3v) is 9.64. The first-order chi connectivity index (χ1) is 21.3. The zero-order valence-electron chi connectivity index (χ0n) is 24.6. The number of aromatic nitrogens is 1. The maximum Gasteiger partial charge on any atom is 0.0698 e. The Bertz CT molecular complexity index is 2080. The van der Waals surface area contributed by atoms with Crippen molar-refractivity contribution in [2.45, 2.75) is 32.6 Å². The molecular formula is C42H35N. The molecule has 0 radical (unpaired) electrons. The fourth-order valence-corrected chi connectivity index (χ4v) is 7.59. The Morgan fingerprint density at radius 3 is 2.07 bits per heavy atom. The third kappa shape index (κ3) is 4.51. The van der Waals surface area contributed by atoms with Gasteiger partial charge in [0, 0.05) is 18.0 Å². The highest BCUT2D eigenvalue weighted by Gasteiger charge is 2.33. The van der Waals surface area contributed by atoms with Crippen LogP contribution < -0.4 is 10.4 Å². The van der Waals surface area contributed by atoms with Crippen LogP contribution in [0, 0.1) is 11.8 Å². The van der Waals surface area contributed by atoms with Crippen LogP contribution in [0.4, 0.5) is 0 Å². The van der Waals surface area contributed by atoms with Crippen LogP contribution in [-0.2, 0) is 0 Å². The van der Waals surface area contributed by atoms with E-state index in [-0.39, 0.29) is 11.8 Å². The van der Waals surface area contributed by atoms with Gasteiger partial charge in [0.2, 0.25) is 0 Å². The lowest BCUT2D eigenvalue weighted by Gasteiger charge is -2.35. The molecule has 0 aliphatic heterocycles. The average Bonchev–Trinajstić information content (AvgIpc) is 3.08. The summed E-state index contributed by atoms with van der Waals surface area (Å²) in [6, 6.07) is 29.2. The van der Waals surface area contributed by atoms with Gasteiger partial charge in [0.1, 0.15) is 0 Å². The summed E-state index contributed by atoms with van der Waals surface area (Å²) in [7, 11) is 0. The highest BCUT2D eigenvalue weighted by molar-refractivity contribution is 6.02. The molecular weight excluding hydrogens is 518 g/mol. The van der Waals surface area contributed by atoms with Gasteiger partial charge < -0.3 is 0 Å². The van der Waals surface area contributed by atoms with Crippen LogP contribution in [0.25, 0.3) is 33.1 Å². The van der Waals surface area contributed by atoms with Gasteiger partial charge in [-0.05, 0) is 111 Å². The summed E-state index contributed by atoms with van der Waals surface area (Å²) in [5.41, 5.74) is 12.3. The molecule has 8 rings (SSSR count). The van der Waals surface area contributed by atoms with Crippen molar-refractivity contribution in [2.24, 2.45) is 11.8 Å². The summed E-state index contributed by atoms with van der Waals surface area (Å²) in [4.78, 5) is 4.67. The molecule has 4 aliphatic rings. The zero-order chi connectivity index (χ0) is 28.8. The van der Waals surface area contributed by atoms with Crippen molar-refractivity contribution >= 4 is 33.1 Å². The maximum absolute atomic E-state index is 4.67. The predicted molar refractivity (Wildman–Crippen MR) is 181 cm³/mol. The largest absolute Gasteiger partial charge is 0.256 e. The normalized spacial score (nSPS) is 21.0. The smallest absolute Gasteiger partial charge is 0.0698 e. The molecule has 1 heteroatoms. The highest BCUT2D eigenvalue weighted by atomic mass is 14.7.